The molecule has 0 bridgehead atoms. The van der Waals surface area contributed by atoms with Crippen LogP contribution in [0.15, 0.2) is 0 Å². The second-order valence-corrected chi connectivity index (χ2v) is 11.1. The van der Waals surface area contributed by atoms with Crippen LogP contribution in [-0.4, -0.2) is 57.7 Å². The standard InChI is InChI=1S/C20H33NO7S/c1-18(2,3)16(25)27-14-12(9-13(22)20(14,7)8)29-10-11(15(23)24)21-17(26)28-19(4,5)6/h11-12,14H,9-10H2,1-8H3,(H,21,26)(H,23,24)/t11-,12-,14-/m0/s1. The first kappa shape index (κ1) is 25.3. The number of rotatable bonds is 6. The van der Waals surface area contributed by atoms with Crippen molar-refractivity contribution in [3.05, 3.63) is 0 Å². The number of alkyl carbamates (subject to hydrolysis) is 1. The molecule has 0 heterocycles. The number of aliphatic carboxylic acids is 1. The highest BCUT2D eigenvalue weighted by molar-refractivity contribution is 8.00. The molecule has 0 unspecified atom stereocenters. The Morgan fingerprint density at radius 3 is 2.21 bits per heavy atom. The van der Waals surface area contributed by atoms with Gasteiger partial charge in [-0.3, -0.25) is 9.59 Å². The maximum absolute atomic E-state index is 12.5. The minimum absolute atomic E-state index is 0.00612. The van der Waals surface area contributed by atoms with Crippen LogP contribution in [0, 0.1) is 10.8 Å². The molecule has 0 aromatic heterocycles. The molecule has 0 saturated heterocycles. The van der Waals surface area contributed by atoms with E-state index in [2.05, 4.69) is 5.32 Å². The van der Waals surface area contributed by atoms with E-state index in [1.54, 1.807) is 55.4 Å². The molecule has 1 aliphatic rings. The number of nitrogens with one attached hydrogen (secondary N) is 1. The van der Waals surface area contributed by atoms with Gasteiger partial charge in [-0.15, -0.1) is 0 Å². The second-order valence-electron chi connectivity index (χ2n) is 9.83. The third kappa shape index (κ3) is 7.21. The zero-order chi connectivity index (χ0) is 22.8. The van der Waals surface area contributed by atoms with E-state index in [1.807, 2.05) is 0 Å². The summed E-state index contributed by atoms with van der Waals surface area (Å²) in [6.07, 6.45) is -1.34. The van der Waals surface area contributed by atoms with Crippen LogP contribution in [0.2, 0.25) is 0 Å². The van der Waals surface area contributed by atoms with Crippen molar-refractivity contribution in [2.45, 2.75) is 84.8 Å². The maximum Gasteiger partial charge on any atom is 0.408 e. The van der Waals surface area contributed by atoms with E-state index in [0.717, 1.165) is 0 Å². The van der Waals surface area contributed by atoms with Gasteiger partial charge in [0.05, 0.1) is 10.8 Å². The Morgan fingerprint density at radius 1 is 1.21 bits per heavy atom. The van der Waals surface area contributed by atoms with E-state index >= 15 is 0 Å². The number of Topliss-reactive ketones (excluding diaryl/α,β-unsaturated/α-hetero) is 1. The molecule has 9 heteroatoms. The molecule has 1 saturated carbocycles. The molecule has 1 fully saturated rings. The molecule has 0 aromatic rings. The summed E-state index contributed by atoms with van der Waals surface area (Å²) in [6.45, 7) is 13.7. The van der Waals surface area contributed by atoms with Gasteiger partial charge in [0.1, 0.15) is 23.5 Å². The number of amides is 1. The number of carbonyl (C=O) groups is 4. The molecule has 1 amide bonds. The third-order valence-electron chi connectivity index (χ3n) is 4.47. The van der Waals surface area contributed by atoms with E-state index in [4.69, 9.17) is 9.47 Å². The van der Waals surface area contributed by atoms with Crippen molar-refractivity contribution in [3.8, 4) is 0 Å². The predicted molar refractivity (Wildman–Crippen MR) is 110 cm³/mol. The van der Waals surface area contributed by atoms with Gasteiger partial charge in [0.2, 0.25) is 0 Å². The molecular weight excluding hydrogens is 398 g/mol. The van der Waals surface area contributed by atoms with Crippen molar-refractivity contribution in [2.24, 2.45) is 10.8 Å². The Balaban J connectivity index is 2.86. The molecule has 0 spiro atoms. The van der Waals surface area contributed by atoms with Crippen molar-refractivity contribution in [1.82, 2.24) is 5.32 Å². The van der Waals surface area contributed by atoms with Gasteiger partial charge in [-0.2, -0.15) is 11.8 Å². The summed E-state index contributed by atoms with van der Waals surface area (Å²) in [6, 6.07) is -1.20. The average Bonchev–Trinajstić information content (AvgIpc) is 2.71. The quantitative estimate of drug-likeness (QED) is 0.616. The van der Waals surface area contributed by atoms with Gasteiger partial charge in [0.25, 0.3) is 0 Å². The molecule has 1 aliphatic carbocycles. The number of hydrogen-bond donors (Lipinski definition) is 2. The monoisotopic (exact) mass is 431 g/mol. The first-order valence-corrected chi connectivity index (χ1v) is 10.6. The van der Waals surface area contributed by atoms with E-state index in [1.165, 1.54) is 11.8 Å². The second kappa shape index (κ2) is 8.93. The van der Waals surface area contributed by atoms with Crippen LogP contribution in [0.5, 0.6) is 0 Å². The molecule has 8 nitrogen and oxygen atoms in total. The number of ether oxygens (including phenoxy) is 2. The van der Waals surface area contributed by atoms with Crippen LogP contribution in [0.1, 0.15) is 61.8 Å². The van der Waals surface area contributed by atoms with E-state index < -0.39 is 51.9 Å². The fourth-order valence-electron chi connectivity index (χ4n) is 2.68. The molecule has 166 valence electrons. The van der Waals surface area contributed by atoms with Gasteiger partial charge in [-0.05, 0) is 55.4 Å². The number of carboxylic acids is 1. The predicted octanol–water partition coefficient (Wildman–Crippen LogP) is 3.02. The zero-order valence-electron chi connectivity index (χ0n) is 18.5. The summed E-state index contributed by atoms with van der Waals surface area (Å²) in [7, 11) is 0. The van der Waals surface area contributed by atoms with Crippen molar-refractivity contribution in [2.75, 3.05) is 5.75 Å². The van der Waals surface area contributed by atoms with Gasteiger partial charge >= 0.3 is 18.0 Å². The topological polar surface area (TPSA) is 119 Å². The summed E-state index contributed by atoms with van der Waals surface area (Å²) in [4.78, 5) is 48.3. The van der Waals surface area contributed by atoms with Crippen LogP contribution in [0.25, 0.3) is 0 Å². The van der Waals surface area contributed by atoms with Crippen LogP contribution < -0.4 is 5.32 Å². The fraction of sp³-hybridized carbons (Fsp3) is 0.800. The minimum Gasteiger partial charge on any atom is -0.480 e. The lowest BCUT2D eigenvalue weighted by Crippen LogP contribution is -2.46. The van der Waals surface area contributed by atoms with E-state index in [9.17, 15) is 24.3 Å². The number of carbonyl (C=O) groups excluding carboxylic acids is 3. The first-order chi connectivity index (χ1) is 12.9. The Hall–Kier alpha value is -1.77. The summed E-state index contributed by atoms with van der Waals surface area (Å²) in [5, 5.41) is 11.4. The lowest BCUT2D eigenvalue weighted by molar-refractivity contribution is -0.163. The zero-order valence-corrected chi connectivity index (χ0v) is 19.3. The number of ketones is 1. The van der Waals surface area contributed by atoms with Gasteiger partial charge < -0.3 is 19.9 Å². The number of hydrogen-bond acceptors (Lipinski definition) is 7. The average molecular weight is 432 g/mol. The van der Waals surface area contributed by atoms with Crippen LogP contribution >= 0.6 is 11.8 Å². The van der Waals surface area contributed by atoms with Crippen molar-refractivity contribution >= 4 is 35.6 Å². The number of thioether (sulfide) groups is 1. The lowest BCUT2D eigenvalue weighted by atomic mass is 9.87. The molecule has 3 atom stereocenters. The molecule has 1 rings (SSSR count). The minimum atomic E-state index is -1.21. The lowest BCUT2D eigenvalue weighted by Gasteiger charge is -2.31. The molecule has 0 aliphatic heterocycles. The first-order valence-electron chi connectivity index (χ1n) is 9.53. The van der Waals surface area contributed by atoms with Gasteiger partial charge in [0.15, 0.2) is 0 Å². The van der Waals surface area contributed by atoms with Crippen molar-refractivity contribution < 1.29 is 33.8 Å². The maximum atomic E-state index is 12.5. The Morgan fingerprint density at radius 2 is 1.76 bits per heavy atom. The van der Waals surface area contributed by atoms with Crippen molar-refractivity contribution in [1.29, 1.82) is 0 Å². The largest absolute Gasteiger partial charge is 0.480 e. The Bertz CT molecular complexity index is 661. The summed E-state index contributed by atoms with van der Waals surface area (Å²) in [5.41, 5.74) is -2.34. The van der Waals surface area contributed by atoms with Crippen LogP contribution in [0.3, 0.4) is 0 Å². The molecule has 2 N–H and O–H groups in total. The fourth-order valence-corrected chi connectivity index (χ4v) is 4.19. The highest BCUT2D eigenvalue weighted by Gasteiger charge is 2.52. The van der Waals surface area contributed by atoms with Crippen molar-refractivity contribution in [3.63, 3.8) is 0 Å². The normalized spacial score (nSPS) is 22.7. The highest BCUT2D eigenvalue weighted by atomic mass is 32.2. The Labute approximate surface area is 176 Å². The molecule has 0 radical (unpaired) electrons. The van der Waals surface area contributed by atoms with Crippen LogP contribution in [-0.2, 0) is 23.9 Å². The summed E-state index contributed by atoms with van der Waals surface area (Å²) < 4.78 is 10.8. The summed E-state index contributed by atoms with van der Waals surface area (Å²) in [5.74, 6) is -1.67. The SMILES string of the molecule is CC(C)(C)OC(=O)N[C@@H](CS[C@H]1CC(=O)C(C)(C)[C@H]1OC(=O)C(C)(C)C)C(=O)O. The number of carboxylic acid groups (broad SMARTS) is 1. The Kier molecular flexibility index (Phi) is 7.78. The molecule has 29 heavy (non-hydrogen) atoms. The van der Waals surface area contributed by atoms with Gasteiger partial charge in [-0.1, -0.05) is 0 Å². The van der Waals surface area contributed by atoms with Crippen LogP contribution in [0.4, 0.5) is 4.79 Å². The third-order valence-corrected chi connectivity index (χ3v) is 5.83. The van der Waals surface area contributed by atoms with Gasteiger partial charge in [-0.25, -0.2) is 9.59 Å². The summed E-state index contributed by atoms with van der Waals surface area (Å²) >= 11 is 1.20. The number of esters is 1. The highest BCUT2D eigenvalue weighted by Crippen LogP contribution is 2.43. The molecular formula is C20H33NO7S. The molecule has 0 aromatic carbocycles. The van der Waals surface area contributed by atoms with E-state index in [-0.39, 0.29) is 18.0 Å². The smallest absolute Gasteiger partial charge is 0.408 e. The van der Waals surface area contributed by atoms with E-state index in [0.29, 0.717) is 0 Å². The van der Waals surface area contributed by atoms with Gasteiger partial charge in [0, 0.05) is 17.4 Å².